The van der Waals surface area contributed by atoms with Crippen LogP contribution in [0.15, 0.2) is 0 Å². The van der Waals surface area contributed by atoms with Crippen molar-refractivity contribution in [2.45, 2.75) is 77.7 Å². The van der Waals surface area contributed by atoms with Gasteiger partial charge in [-0.3, -0.25) is 0 Å². The monoisotopic (exact) mass is 324 g/mol. The van der Waals surface area contributed by atoms with Gasteiger partial charge in [0.1, 0.15) is 5.60 Å². The lowest BCUT2D eigenvalue weighted by molar-refractivity contribution is -0.117. The summed E-state index contributed by atoms with van der Waals surface area (Å²) in [7, 11) is 0. The molecule has 2 saturated heterocycles. The minimum atomic E-state index is -0.429. The highest BCUT2D eigenvalue weighted by Gasteiger charge is 2.59. The Kier molecular flexibility index (Phi) is 4.38. The lowest BCUT2D eigenvalue weighted by atomic mass is 9.57. The molecule has 3 aliphatic rings. The number of carbonyl (C=O) groups excluding carboxylic acids is 1. The standard InChI is InChI=1S/C18H32N2O3/c1-17(2,3)23-16(21)20-9-6-7-12(11-20)19-14-13-8-10-22-15(13)18(14,4)5/h12-15,19H,6-11H2,1-5H3/t12-,13+,14+,15+/m0/s1. The van der Waals surface area contributed by atoms with Gasteiger partial charge in [-0.15, -0.1) is 0 Å². The topological polar surface area (TPSA) is 50.8 Å². The van der Waals surface area contributed by atoms with Crippen LogP contribution in [0.4, 0.5) is 4.79 Å². The van der Waals surface area contributed by atoms with E-state index < -0.39 is 5.60 Å². The summed E-state index contributed by atoms with van der Waals surface area (Å²) >= 11 is 0. The highest BCUT2D eigenvalue weighted by Crippen LogP contribution is 2.52. The third-order valence-electron chi connectivity index (χ3n) is 5.59. The maximum atomic E-state index is 12.3. The summed E-state index contributed by atoms with van der Waals surface area (Å²) in [6.45, 7) is 12.8. The van der Waals surface area contributed by atoms with E-state index in [0.717, 1.165) is 39.0 Å². The zero-order valence-electron chi connectivity index (χ0n) is 15.2. The number of ether oxygens (including phenoxy) is 2. The minimum absolute atomic E-state index is 0.182. The second kappa shape index (κ2) is 5.92. The van der Waals surface area contributed by atoms with Crippen LogP contribution in [-0.2, 0) is 9.47 Å². The molecule has 2 aliphatic heterocycles. The van der Waals surface area contributed by atoms with Crippen molar-refractivity contribution in [3.63, 3.8) is 0 Å². The van der Waals surface area contributed by atoms with E-state index in [4.69, 9.17) is 9.47 Å². The predicted octanol–water partition coefficient (Wildman–Crippen LogP) is 2.79. The van der Waals surface area contributed by atoms with Crippen molar-refractivity contribution in [1.82, 2.24) is 10.2 Å². The molecule has 5 heteroatoms. The van der Waals surface area contributed by atoms with E-state index in [1.54, 1.807) is 0 Å². The van der Waals surface area contributed by atoms with Gasteiger partial charge in [-0.05, 0) is 40.0 Å². The Morgan fingerprint density at radius 1 is 1.30 bits per heavy atom. The van der Waals surface area contributed by atoms with Crippen molar-refractivity contribution in [2.75, 3.05) is 19.7 Å². The second-order valence-electron chi connectivity index (χ2n) is 8.98. The molecule has 3 fully saturated rings. The SMILES string of the molecule is CC(C)(C)OC(=O)N1CCC[C@H](N[C@@H]2[C@H]3CCO[C@H]3C2(C)C)C1. The zero-order valence-corrected chi connectivity index (χ0v) is 15.2. The zero-order chi connectivity index (χ0) is 16.8. The number of rotatable bonds is 2. The highest BCUT2D eigenvalue weighted by molar-refractivity contribution is 5.68. The van der Waals surface area contributed by atoms with Crippen LogP contribution in [0.25, 0.3) is 0 Å². The lowest BCUT2D eigenvalue weighted by Gasteiger charge is -2.56. The molecule has 1 amide bonds. The summed E-state index contributed by atoms with van der Waals surface area (Å²) in [4.78, 5) is 14.2. The molecule has 0 aromatic rings. The lowest BCUT2D eigenvalue weighted by Crippen LogP contribution is -2.68. The first-order valence-electron chi connectivity index (χ1n) is 9.04. The number of hydrogen-bond donors (Lipinski definition) is 1. The molecule has 1 N–H and O–H groups in total. The van der Waals surface area contributed by atoms with E-state index in [2.05, 4.69) is 19.2 Å². The summed E-state index contributed by atoms with van der Waals surface area (Å²) in [6.07, 6.45) is 3.55. The number of amides is 1. The molecule has 0 spiro atoms. The van der Waals surface area contributed by atoms with E-state index in [1.165, 1.54) is 0 Å². The first-order valence-corrected chi connectivity index (χ1v) is 9.04. The average molecular weight is 324 g/mol. The van der Waals surface area contributed by atoms with Gasteiger partial charge in [-0.1, -0.05) is 13.8 Å². The van der Waals surface area contributed by atoms with Crippen LogP contribution in [0.1, 0.15) is 53.9 Å². The number of nitrogens with one attached hydrogen (secondary N) is 1. The molecule has 2 heterocycles. The Morgan fingerprint density at radius 3 is 2.74 bits per heavy atom. The summed E-state index contributed by atoms with van der Waals surface area (Å²) in [5.74, 6) is 0.641. The fraction of sp³-hybridized carbons (Fsp3) is 0.944. The van der Waals surface area contributed by atoms with E-state index in [0.29, 0.717) is 24.1 Å². The molecular formula is C18H32N2O3. The maximum Gasteiger partial charge on any atom is 0.410 e. The Labute approximate surface area is 140 Å². The Balaban J connectivity index is 1.56. The van der Waals surface area contributed by atoms with Gasteiger partial charge < -0.3 is 19.7 Å². The molecule has 1 aliphatic carbocycles. The van der Waals surface area contributed by atoms with Gasteiger partial charge in [0.2, 0.25) is 0 Å². The van der Waals surface area contributed by atoms with Gasteiger partial charge in [-0.25, -0.2) is 4.79 Å². The highest BCUT2D eigenvalue weighted by atomic mass is 16.6. The molecule has 0 bridgehead atoms. The van der Waals surface area contributed by atoms with Gasteiger partial charge in [-0.2, -0.15) is 0 Å². The summed E-state index contributed by atoms with van der Waals surface area (Å²) in [5.41, 5.74) is -0.239. The number of likely N-dealkylation sites (tertiary alicyclic amines) is 1. The molecule has 23 heavy (non-hydrogen) atoms. The number of carbonyl (C=O) groups is 1. The second-order valence-corrected chi connectivity index (χ2v) is 8.98. The van der Waals surface area contributed by atoms with Crippen LogP contribution < -0.4 is 5.32 Å². The van der Waals surface area contributed by atoms with Crippen molar-refractivity contribution >= 4 is 6.09 Å². The van der Waals surface area contributed by atoms with E-state index in [-0.39, 0.29) is 11.5 Å². The molecule has 4 atom stereocenters. The smallest absolute Gasteiger partial charge is 0.410 e. The Morgan fingerprint density at radius 2 is 2.04 bits per heavy atom. The molecule has 0 unspecified atom stereocenters. The quantitative estimate of drug-likeness (QED) is 0.848. The number of hydrogen-bond acceptors (Lipinski definition) is 4. The summed E-state index contributed by atoms with van der Waals surface area (Å²) in [5, 5.41) is 3.84. The fourth-order valence-electron chi connectivity index (χ4n) is 4.52. The van der Waals surface area contributed by atoms with Crippen LogP contribution in [-0.4, -0.2) is 54.5 Å². The van der Waals surface area contributed by atoms with Crippen LogP contribution in [0.2, 0.25) is 0 Å². The average Bonchev–Trinajstić information content (AvgIpc) is 2.90. The van der Waals surface area contributed by atoms with Crippen molar-refractivity contribution in [3.8, 4) is 0 Å². The van der Waals surface area contributed by atoms with Gasteiger partial charge in [0.15, 0.2) is 0 Å². The fourth-order valence-corrected chi connectivity index (χ4v) is 4.52. The number of nitrogens with zero attached hydrogens (tertiary/aromatic N) is 1. The van der Waals surface area contributed by atoms with Crippen molar-refractivity contribution < 1.29 is 14.3 Å². The summed E-state index contributed by atoms with van der Waals surface area (Å²) < 4.78 is 11.4. The third-order valence-corrected chi connectivity index (χ3v) is 5.59. The molecule has 3 rings (SSSR count). The third kappa shape index (κ3) is 3.36. The van der Waals surface area contributed by atoms with Crippen molar-refractivity contribution in [1.29, 1.82) is 0 Å². The van der Waals surface area contributed by atoms with E-state index in [9.17, 15) is 4.79 Å². The minimum Gasteiger partial charge on any atom is -0.444 e. The van der Waals surface area contributed by atoms with Gasteiger partial charge in [0.25, 0.3) is 0 Å². The van der Waals surface area contributed by atoms with Crippen molar-refractivity contribution in [2.24, 2.45) is 11.3 Å². The Hall–Kier alpha value is -0.810. The van der Waals surface area contributed by atoms with Crippen LogP contribution in [0.5, 0.6) is 0 Å². The summed E-state index contributed by atoms with van der Waals surface area (Å²) in [6, 6.07) is 0.862. The van der Waals surface area contributed by atoms with Crippen LogP contribution >= 0.6 is 0 Å². The first kappa shape index (κ1) is 17.0. The normalized spacial score (nSPS) is 36.3. The molecule has 0 aromatic carbocycles. The van der Waals surface area contributed by atoms with Crippen molar-refractivity contribution in [3.05, 3.63) is 0 Å². The van der Waals surface area contributed by atoms with E-state index >= 15 is 0 Å². The van der Waals surface area contributed by atoms with Gasteiger partial charge in [0.05, 0.1) is 6.10 Å². The number of fused-ring (bicyclic) bond motifs is 1. The molecule has 1 saturated carbocycles. The molecule has 132 valence electrons. The largest absolute Gasteiger partial charge is 0.444 e. The van der Waals surface area contributed by atoms with E-state index in [1.807, 2.05) is 25.7 Å². The Bertz CT molecular complexity index is 458. The first-order chi connectivity index (χ1) is 10.7. The van der Waals surface area contributed by atoms with Crippen LogP contribution in [0, 0.1) is 11.3 Å². The predicted molar refractivity (Wildman–Crippen MR) is 89.4 cm³/mol. The molecular weight excluding hydrogens is 292 g/mol. The van der Waals surface area contributed by atoms with Gasteiger partial charge in [0, 0.05) is 43.1 Å². The molecule has 5 nitrogen and oxygen atoms in total. The molecule has 0 aromatic heterocycles. The van der Waals surface area contributed by atoms with Gasteiger partial charge >= 0.3 is 6.09 Å². The number of piperidine rings is 1. The maximum absolute atomic E-state index is 12.3. The molecule has 0 radical (unpaired) electrons. The van der Waals surface area contributed by atoms with Crippen LogP contribution in [0.3, 0.4) is 0 Å².